The third-order valence-corrected chi connectivity index (χ3v) is 5.29. The van der Waals surface area contributed by atoms with Crippen molar-refractivity contribution >= 4 is 28.1 Å². The second kappa shape index (κ2) is 13.7. The number of ether oxygens (including phenoxy) is 2. The van der Waals surface area contributed by atoms with Crippen molar-refractivity contribution in [3.63, 3.8) is 0 Å². The quantitative estimate of drug-likeness (QED) is 0.434. The van der Waals surface area contributed by atoms with E-state index < -0.39 is 0 Å². The number of nitrogens with zero attached hydrogens (tertiary/aromatic N) is 3. The van der Waals surface area contributed by atoms with Crippen molar-refractivity contribution in [2.75, 3.05) is 40.0 Å². The van der Waals surface area contributed by atoms with E-state index in [0.29, 0.717) is 60.8 Å². The van der Waals surface area contributed by atoms with E-state index in [2.05, 4.69) is 9.88 Å². The molecule has 179 valence electrons. The van der Waals surface area contributed by atoms with Gasteiger partial charge in [-0.15, -0.1) is 11.4 Å². The Morgan fingerprint density at radius 2 is 1.82 bits per heavy atom. The van der Waals surface area contributed by atoms with Crippen molar-refractivity contribution < 1.29 is 47.0 Å². The molecule has 1 saturated heterocycles. The molecule has 1 radical (unpaired) electrons. The largest absolute Gasteiger partial charge is 0.699 e. The van der Waals surface area contributed by atoms with Gasteiger partial charge in [0.05, 0.1) is 43.8 Å². The molecule has 10 heteroatoms. The predicted molar refractivity (Wildman–Crippen MR) is 128 cm³/mol. The molecule has 34 heavy (non-hydrogen) atoms. The third-order valence-electron chi connectivity index (χ3n) is 5.29. The van der Waals surface area contributed by atoms with Crippen molar-refractivity contribution in [3.8, 4) is 0 Å². The van der Waals surface area contributed by atoms with Crippen LogP contribution in [-0.2, 0) is 55.3 Å². The summed E-state index contributed by atoms with van der Waals surface area (Å²) in [5.41, 5.74) is 16.7. The molecule has 9 nitrogen and oxygen atoms in total. The molecule has 1 aliphatic rings. The minimum atomic E-state index is -0.107. The Bertz CT molecular complexity index is 1160. The SMILES string of the molecule is CC(=O)c1cccc([NH-])c1.COCCn1c(CN2CCOCC2)nc2ccc([NH-])cc2c1=O.[Y]. The van der Waals surface area contributed by atoms with Crippen LogP contribution in [0.15, 0.2) is 47.3 Å². The van der Waals surface area contributed by atoms with Crippen LogP contribution in [0.1, 0.15) is 23.1 Å². The second-order valence-corrected chi connectivity index (χ2v) is 7.74. The van der Waals surface area contributed by atoms with Crippen LogP contribution in [0.2, 0.25) is 0 Å². The number of fused-ring (bicyclic) bond motifs is 1. The van der Waals surface area contributed by atoms with E-state index in [1.807, 2.05) is 0 Å². The zero-order valence-corrected chi connectivity index (χ0v) is 22.4. The first-order chi connectivity index (χ1) is 15.9. The Kier molecular flexibility index (Phi) is 11.3. The predicted octanol–water partition coefficient (Wildman–Crippen LogP) is 4.13. The van der Waals surface area contributed by atoms with Crippen molar-refractivity contribution in [1.29, 1.82) is 0 Å². The second-order valence-electron chi connectivity index (χ2n) is 7.74. The summed E-state index contributed by atoms with van der Waals surface area (Å²) in [6.45, 7) is 6.10. The van der Waals surface area contributed by atoms with Crippen molar-refractivity contribution in [3.05, 3.63) is 75.7 Å². The fraction of sp³-hybridized carbons (Fsp3) is 0.375. The number of hydrogen-bond acceptors (Lipinski definition) is 6. The summed E-state index contributed by atoms with van der Waals surface area (Å²) in [5.74, 6) is 0.744. The van der Waals surface area contributed by atoms with Crippen molar-refractivity contribution in [2.45, 2.75) is 20.0 Å². The first kappa shape index (κ1) is 28.1. The van der Waals surface area contributed by atoms with Gasteiger partial charge in [-0.25, -0.2) is 4.98 Å². The molecular formula is C24H29N5O4Y-2. The molecule has 3 aromatic rings. The molecule has 4 rings (SSSR count). The van der Waals surface area contributed by atoms with Crippen LogP contribution in [-0.4, -0.2) is 60.3 Å². The van der Waals surface area contributed by atoms with Gasteiger partial charge in [0.1, 0.15) is 5.82 Å². The van der Waals surface area contributed by atoms with Crippen molar-refractivity contribution in [1.82, 2.24) is 14.5 Å². The summed E-state index contributed by atoms with van der Waals surface area (Å²) in [6, 6.07) is 11.6. The molecule has 2 heterocycles. The number of morpholine rings is 1. The standard InChI is InChI=1S/C16H21N4O3.C8H8NO.Y/c1-22-7-6-20-15(11-19-4-8-23-9-5-19)18-14-3-2-12(17)10-13(14)16(20)21;1-6(10)7-3-2-4-8(9)5-7;/h2-3,10,17H,4-9,11H2,1H3;2-5,9H,1H3;/q2*-1;. The Balaban J connectivity index is 0.000000314. The number of methoxy groups -OCH3 is 1. The number of ketones is 1. The molecule has 0 atom stereocenters. The minimum Gasteiger partial charge on any atom is -0.699 e. The summed E-state index contributed by atoms with van der Waals surface area (Å²) in [4.78, 5) is 30.4. The number of benzene rings is 2. The third kappa shape index (κ3) is 7.68. The molecular weight excluding hydrogens is 511 g/mol. The molecule has 2 N–H and O–H groups in total. The maximum Gasteiger partial charge on any atom is 0.261 e. The van der Waals surface area contributed by atoms with E-state index in [0.717, 1.165) is 18.9 Å². The number of rotatable bonds is 6. The molecule has 0 spiro atoms. The maximum atomic E-state index is 12.8. The van der Waals surface area contributed by atoms with Crippen LogP contribution in [0.4, 0.5) is 11.4 Å². The normalized spacial score (nSPS) is 13.6. The van der Waals surface area contributed by atoms with Gasteiger partial charge in [0, 0.05) is 58.5 Å². The monoisotopic (exact) mass is 540 g/mol. The Morgan fingerprint density at radius 3 is 2.44 bits per heavy atom. The number of nitrogens with one attached hydrogen (secondary N) is 2. The zero-order valence-electron chi connectivity index (χ0n) is 19.5. The average Bonchev–Trinajstić information content (AvgIpc) is 2.80. The van der Waals surface area contributed by atoms with E-state index >= 15 is 0 Å². The van der Waals surface area contributed by atoms with Gasteiger partial charge in [-0.2, -0.15) is 0 Å². The molecule has 0 unspecified atom stereocenters. The minimum absolute atomic E-state index is 0. The Hall–Kier alpha value is -2.17. The Labute approximate surface area is 224 Å². The average molecular weight is 540 g/mol. The van der Waals surface area contributed by atoms with Gasteiger partial charge >= 0.3 is 0 Å². The smallest absolute Gasteiger partial charge is 0.261 e. The van der Waals surface area contributed by atoms with Crippen LogP contribution in [0, 0.1) is 0 Å². The molecule has 1 fully saturated rings. The summed E-state index contributed by atoms with van der Waals surface area (Å²) in [5, 5.41) is 0.485. The van der Waals surface area contributed by atoms with Crippen LogP contribution in [0.25, 0.3) is 22.4 Å². The summed E-state index contributed by atoms with van der Waals surface area (Å²) < 4.78 is 12.2. The van der Waals surface area contributed by atoms with Gasteiger partial charge in [-0.3, -0.25) is 19.1 Å². The number of aromatic nitrogens is 2. The zero-order chi connectivity index (χ0) is 23.8. The van der Waals surface area contributed by atoms with E-state index in [4.69, 9.17) is 20.9 Å². The number of carbonyl (C=O) groups is 1. The van der Waals surface area contributed by atoms with Gasteiger partial charge in [0.25, 0.3) is 5.56 Å². The van der Waals surface area contributed by atoms with Gasteiger partial charge < -0.3 is 20.9 Å². The number of Topliss-reactive ketones (excluding diaryl/α,β-unsaturated/α-hetero) is 1. The maximum absolute atomic E-state index is 12.8. The topological polar surface area (TPSA) is 121 Å². The van der Waals surface area contributed by atoms with Crippen molar-refractivity contribution in [2.24, 2.45) is 0 Å². The van der Waals surface area contributed by atoms with E-state index in [9.17, 15) is 9.59 Å². The fourth-order valence-corrected chi connectivity index (χ4v) is 3.50. The Morgan fingerprint density at radius 1 is 1.12 bits per heavy atom. The summed E-state index contributed by atoms with van der Waals surface area (Å²) in [6.07, 6.45) is 0. The first-order valence-corrected chi connectivity index (χ1v) is 10.8. The number of carbonyl (C=O) groups excluding carboxylic acids is 1. The molecule has 0 bridgehead atoms. The molecule has 0 aliphatic carbocycles. The first-order valence-electron chi connectivity index (χ1n) is 10.8. The molecule has 0 saturated carbocycles. The van der Waals surface area contributed by atoms with E-state index in [1.54, 1.807) is 54.1 Å². The summed E-state index contributed by atoms with van der Waals surface area (Å²) >= 11 is 0. The van der Waals surface area contributed by atoms with Gasteiger partial charge in [0.2, 0.25) is 0 Å². The molecule has 1 aliphatic heterocycles. The fourth-order valence-electron chi connectivity index (χ4n) is 3.50. The molecule has 0 amide bonds. The number of hydrogen-bond donors (Lipinski definition) is 0. The molecule has 1 aromatic heterocycles. The van der Waals surface area contributed by atoms with Crippen LogP contribution in [0.3, 0.4) is 0 Å². The van der Waals surface area contributed by atoms with Crippen LogP contribution in [0.5, 0.6) is 0 Å². The molecule has 2 aromatic carbocycles. The van der Waals surface area contributed by atoms with Gasteiger partial charge in [-0.05, 0) is 13.0 Å². The van der Waals surface area contributed by atoms with Crippen LogP contribution < -0.4 is 5.56 Å². The van der Waals surface area contributed by atoms with Gasteiger partial charge in [-0.1, -0.05) is 36.4 Å². The van der Waals surface area contributed by atoms with Crippen LogP contribution >= 0.6 is 0 Å². The van der Waals surface area contributed by atoms with E-state index in [1.165, 1.54) is 6.92 Å². The van der Waals surface area contributed by atoms with E-state index in [-0.39, 0.29) is 44.1 Å². The van der Waals surface area contributed by atoms with Gasteiger partial charge in [0.15, 0.2) is 5.78 Å². The summed E-state index contributed by atoms with van der Waals surface area (Å²) in [7, 11) is 1.61.